The first-order valence-corrected chi connectivity index (χ1v) is 3.68. The standard InChI is InChI=1S/C8H6F3N3/c1-5-2-3-6(8(9,10)11)4-7(5)13-14-12/h2-4H,1H3. The predicted octanol–water partition coefficient (Wildman–Crippen LogP) is 3.96. The molecule has 0 aliphatic carbocycles. The second kappa shape index (κ2) is 3.59. The van der Waals surface area contributed by atoms with E-state index in [1.54, 1.807) is 6.92 Å². The Balaban J connectivity index is 3.26. The van der Waals surface area contributed by atoms with Crippen LogP contribution in [0.2, 0.25) is 0 Å². The van der Waals surface area contributed by atoms with Crippen LogP contribution in [0.5, 0.6) is 0 Å². The molecule has 0 unspecified atom stereocenters. The molecule has 1 aromatic carbocycles. The maximum Gasteiger partial charge on any atom is 0.416 e. The number of hydrogen-bond donors (Lipinski definition) is 0. The zero-order chi connectivity index (χ0) is 10.8. The smallest absolute Gasteiger partial charge is 0.166 e. The second-order valence-electron chi connectivity index (χ2n) is 2.69. The van der Waals surface area contributed by atoms with Gasteiger partial charge in [-0.15, -0.1) is 0 Å². The van der Waals surface area contributed by atoms with E-state index in [-0.39, 0.29) is 5.69 Å². The molecular weight excluding hydrogens is 195 g/mol. The highest BCUT2D eigenvalue weighted by Gasteiger charge is 2.30. The van der Waals surface area contributed by atoms with Crippen molar-refractivity contribution in [3.63, 3.8) is 0 Å². The molecule has 6 heteroatoms. The Hall–Kier alpha value is -1.68. The van der Waals surface area contributed by atoms with Gasteiger partial charge in [0.15, 0.2) is 0 Å². The summed E-state index contributed by atoms with van der Waals surface area (Å²) in [6, 6.07) is 3.05. The zero-order valence-electron chi connectivity index (χ0n) is 7.21. The van der Waals surface area contributed by atoms with Gasteiger partial charge in [0.25, 0.3) is 0 Å². The van der Waals surface area contributed by atoms with Gasteiger partial charge in [0, 0.05) is 10.6 Å². The number of hydrogen-bond acceptors (Lipinski definition) is 1. The van der Waals surface area contributed by atoms with Crippen molar-refractivity contribution in [1.29, 1.82) is 0 Å². The number of benzene rings is 1. The molecule has 0 radical (unpaired) electrons. The second-order valence-corrected chi connectivity index (χ2v) is 2.69. The molecule has 0 amide bonds. The van der Waals surface area contributed by atoms with E-state index in [0.717, 1.165) is 12.1 Å². The molecule has 0 spiro atoms. The van der Waals surface area contributed by atoms with Crippen LogP contribution in [0.25, 0.3) is 10.4 Å². The number of rotatable bonds is 1. The molecule has 0 atom stereocenters. The number of nitrogens with zero attached hydrogens (tertiary/aromatic N) is 3. The first-order chi connectivity index (χ1) is 6.45. The third-order valence-electron chi connectivity index (χ3n) is 1.69. The minimum atomic E-state index is -4.41. The van der Waals surface area contributed by atoms with E-state index in [4.69, 9.17) is 5.53 Å². The SMILES string of the molecule is Cc1ccc(C(F)(F)F)cc1N=[N+]=[N-]. The van der Waals surface area contributed by atoms with Crippen LogP contribution in [0.3, 0.4) is 0 Å². The van der Waals surface area contributed by atoms with Crippen molar-refractivity contribution in [2.45, 2.75) is 13.1 Å². The number of alkyl halides is 3. The molecule has 3 nitrogen and oxygen atoms in total. The zero-order valence-corrected chi connectivity index (χ0v) is 7.21. The van der Waals surface area contributed by atoms with Crippen LogP contribution >= 0.6 is 0 Å². The van der Waals surface area contributed by atoms with E-state index in [1.165, 1.54) is 6.07 Å². The van der Waals surface area contributed by atoms with E-state index in [1.807, 2.05) is 0 Å². The highest BCUT2D eigenvalue weighted by molar-refractivity contribution is 5.48. The van der Waals surface area contributed by atoms with Gasteiger partial charge in [-0.3, -0.25) is 0 Å². The Morgan fingerprint density at radius 3 is 2.50 bits per heavy atom. The fraction of sp³-hybridized carbons (Fsp3) is 0.250. The summed E-state index contributed by atoms with van der Waals surface area (Å²) in [5, 5.41) is 3.16. The van der Waals surface area contributed by atoms with Crippen molar-refractivity contribution in [2.75, 3.05) is 0 Å². The van der Waals surface area contributed by atoms with Crippen molar-refractivity contribution in [1.82, 2.24) is 0 Å². The third kappa shape index (κ3) is 2.17. The molecule has 0 fully saturated rings. The van der Waals surface area contributed by atoms with Gasteiger partial charge in [0.1, 0.15) is 0 Å². The van der Waals surface area contributed by atoms with Crippen LogP contribution in [0, 0.1) is 6.92 Å². The van der Waals surface area contributed by atoms with Crippen LogP contribution in [-0.2, 0) is 6.18 Å². The molecular formula is C8H6F3N3. The monoisotopic (exact) mass is 201 g/mol. The molecule has 1 rings (SSSR count). The summed E-state index contributed by atoms with van der Waals surface area (Å²) in [4.78, 5) is 2.45. The topological polar surface area (TPSA) is 48.8 Å². The normalized spacial score (nSPS) is 10.9. The van der Waals surface area contributed by atoms with Crippen LogP contribution in [-0.4, -0.2) is 0 Å². The van der Waals surface area contributed by atoms with Crippen LogP contribution < -0.4 is 0 Å². The van der Waals surface area contributed by atoms with Crippen molar-refractivity contribution in [3.05, 3.63) is 39.8 Å². The summed E-state index contributed by atoms with van der Waals surface area (Å²) < 4.78 is 36.6. The molecule has 0 aliphatic heterocycles. The Morgan fingerprint density at radius 1 is 1.36 bits per heavy atom. The van der Waals surface area contributed by atoms with E-state index in [9.17, 15) is 13.2 Å². The third-order valence-corrected chi connectivity index (χ3v) is 1.69. The van der Waals surface area contributed by atoms with Gasteiger partial charge in [-0.25, -0.2) is 0 Å². The van der Waals surface area contributed by atoms with Gasteiger partial charge in [-0.1, -0.05) is 11.2 Å². The molecule has 0 saturated carbocycles. The summed E-state index contributed by atoms with van der Waals surface area (Å²) in [5.41, 5.74) is 7.81. The van der Waals surface area contributed by atoms with E-state index < -0.39 is 11.7 Å². The van der Waals surface area contributed by atoms with Gasteiger partial charge in [0.05, 0.1) is 5.56 Å². The Morgan fingerprint density at radius 2 is 2.00 bits per heavy atom. The summed E-state index contributed by atoms with van der Waals surface area (Å²) in [5.74, 6) is 0. The largest absolute Gasteiger partial charge is 0.416 e. The van der Waals surface area contributed by atoms with Crippen molar-refractivity contribution >= 4 is 5.69 Å². The van der Waals surface area contributed by atoms with Gasteiger partial charge in [0.2, 0.25) is 0 Å². The first-order valence-electron chi connectivity index (χ1n) is 3.68. The number of aryl methyl sites for hydroxylation is 1. The number of azide groups is 1. The minimum Gasteiger partial charge on any atom is -0.166 e. The van der Waals surface area contributed by atoms with Crippen molar-refractivity contribution in [2.24, 2.45) is 5.11 Å². The predicted molar refractivity (Wildman–Crippen MR) is 45.0 cm³/mol. The van der Waals surface area contributed by atoms with Gasteiger partial charge >= 0.3 is 6.18 Å². The van der Waals surface area contributed by atoms with Crippen molar-refractivity contribution < 1.29 is 13.2 Å². The van der Waals surface area contributed by atoms with Gasteiger partial charge in [-0.05, 0) is 30.2 Å². The fourth-order valence-corrected chi connectivity index (χ4v) is 0.942. The molecule has 74 valence electrons. The summed E-state index contributed by atoms with van der Waals surface area (Å²) >= 11 is 0. The maximum atomic E-state index is 12.2. The van der Waals surface area contributed by atoms with Crippen LogP contribution in [0.15, 0.2) is 23.3 Å². The van der Waals surface area contributed by atoms with Crippen LogP contribution in [0.1, 0.15) is 11.1 Å². The Kier molecular flexibility index (Phi) is 2.67. The highest BCUT2D eigenvalue weighted by Crippen LogP contribution is 2.32. The van der Waals surface area contributed by atoms with Gasteiger partial charge < -0.3 is 0 Å². The lowest BCUT2D eigenvalue weighted by Gasteiger charge is -2.07. The Labute approximate surface area is 77.8 Å². The summed E-state index contributed by atoms with van der Waals surface area (Å²) in [6.07, 6.45) is -4.41. The molecule has 0 heterocycles. The van der Waals surface area contributed by atoms with E-state index in [0.29, 0.717) is 5.56 Å². The molecule has 0 aromatic heterocycles. The molecule has 1 aromatic rings. The molecule has 0 aliphatic rings. The average Bonchev–Trinajstić information content (AvgIpc) is 2.07. The van der Waals surface area contributed by atoms with Gasteiger partial charge in [-0.2, -0.15) is 13.2 Å². The van der Waals surface area contributed by atoms with E-state index in [2.05, 4.69) is 10.0 Å². The average molecular weight is 201 g/mol. The Bertz CT molecular complexity index is 391. The highest BCUT2D eigenvalue weighted by atomic mass is 19.4. The lowest BCUT2D eigenvalue weighted by molar-refractivity contribution is -0.137. The lowest BCUT2D eigenvalue weighted by atomic mass is 10.1. The molecule has 0 N–H and O–H groups in total. The van der Waals surface area contributed by atoms with Crippen LogP contribution in [0.4, 0.5) is 18.9 Å². The first kappa shape index (κ1) is 10.4. The minimum absolute atomic E-state index is 0.00215. The summed E-state index contributed by atoms with van der Waals surface area (Å²) in [6.45, 7) is 1.57. The molecule has 0 bridgehead atoms. The fourth-order valence-electron chi connectivity index (χ4n) is 0.942. The lowest BCUT2D eigenvalue weighted by Crippen LogP contribution is -2.04. The molecule has 0 saturated heterocycles. The van der Waals surface area contributed by atoms with Crippen molar-refractivity contribution in [3.8, 4) is 0 Å². The molecule has 14 heavy (non-hydrogen) atoms. The number of halogens is 3. The summed E-state index contributed by atoms with van der Waals surface area (Å²) in [7, 11) is 0. The quantitative estimate of drug-likeness (QED) is 0.375. The van der Waals surface area contributed by atoms with E-state index >= 15 is 0 Å². The maximum absolute atomic E-state index is 12.2.